The van der Waals surface area contributed by atoms with Gasteiger partial charge in [0.05, 0.1) is 16.6 Å². The molecule has 1 aromatic heterocycles. The van der Waals surface area contributed by atoms with E-state index in [0.29, 0.717) is 11.1 Å². The van der Waals surface area contributed by atoms with Crippen molar-refractivity contribution in [2.75, 3.05) is 5.32 Å². The molecule has 2 aliphatic carbocycles. The first kappa shape index (κ1) is 19.5. The Hall–Kier alpha value is -2.47. The molecule has 6 heteroatoms. The van der Waals surface area contributed by atoms with Crippen molar-refractivity contribution in [3.05, 3.63) is 53.9 Å². The highest BCUT2D eigenvalue weighted by atomic mass is 32.2. The van der Waals surface area contributed by atoms with Crippen molar-refractivity contribution >= 4 is 34.1 Å². The number of benzene rings is 2. The number of nitrogens with zero attached hydrogens (tertiary/aromatic N) is 3. The van der Waals surface area contributed by atoms with Gasteiger partial charge in [-0.15, -0.1) is 5.10 Å². The zero-order valence-electron chi connectivity index (χ0n) is 17.8. The number of hydrogen-bond acceptors (Lipinski definition) is 5. The summed E-state index contributed by atoms with van der Waals surface area (Å²) in [4.78, 5) is 17.8. The van der Waals surface area contributed by atoms with Gasteiger partial charge in [-0.2, -0.15) is 5.10 Å². The molecule has 5 rings (SSSR count). The van der Waals surface area contributed by atoms with Crippen LogP contribution in [0.5, 0.6) is 0 Å². The van der Waals surface area contributed by atoms with Crippen LogP contribution in [0.15, 0.2) is 47.6 Å². The minimum atomic E-state index is -0.330. The topological polar surface area (TPSA) is 67.8 Å². The molecular weight excluding hydrogens is 392 g/mol. The third-order valence-corrected chi connectivity index (χ3v) is 8.42. The summed E-state index contributed by atoms with van der Waals surface area (Å²) in [6, 6.07) is 14.0. The molecule has 5 nitrogen and oxygen atoms in total. The Morgan fingerprint density at radius 3 is 2.73 bits per heavy atom. The molecule has 1 heterocycles. The quantitative estimate of drug-likeness (QED) is 0.581. The Morgan fingerprint density at radius 2 is 1.90 bits per heavy atom. The van der Waals surface area contributed by atoms with Crippen LogP contribution in [0.3, 0.4) is 0 Å². The molecule has 3 aromatic rings. The lowest BCUT2D eigenvalue weighted by molar-refractivity contribution is -0.115. The van der Waals surface area contributed by atoms with Gasteiger partial charge in [0.15, 0.2) is 0 Å². The zero-order chi connectivity index (χ0) is 21.1. The van der Waals surface area contributed by atoms with Crippen LogP contribution in [0, 0.1) is 5.41 Å². The van der Waals surface area contributed by atoms with E-state index in [1.807, 2.05) is 49.4 Å². The maximum absolute atomic E-state index is 12.9. The Morgan fingerprint density at radius 1 is 1.13 bits per heavy atom. The largest absolute Gasteiger partial charge is 0.325 e. The van der Waals surface area contributed by atoms with Gasteiger partial charge in [-0.1, -0.05) is 68.9 Å². The predicted molar refractivity (Wildman–Crippen MR) is 121 cm³/mol. The molecule has 0 radical (unpaired) electrons. The van der Waals surface area contributed by atoms with E-state index >= 15 is 0 Å². The molecule has 154 valence electrons. The van der Waals surface area contributed by atoms with Crippen LogP contribution >= 0.6 is 11.8 Å². The number of hydrogen-bond donors (Lipinski definition) is 1. The van der Waals surface area contributed by atoms with Gasteiger partial charge in [-0.3, -0.25) is 4.79 Å². The minimum absolute atomic E-state index is 0.0344. The third kappa shape index (κ3) is 2.77. The van der Waals surface area contributed by atoms with Gasteiger partial charge >= 0.3 is 0 Å². The van der Waals surface area contributed by atoms with Crippen molar-refractivity contribution in [3.63, 3.8) is 0 Å². The SMILES string of the molecule is C[C@H](Sc1nnc2c(n1)[C@@]1(C)CC[C@H]2C1(C)C)C(=O)Nc1cccc2ccccc12. The van der Waals surface area contributed by atoms with Crippen LogP contribution in [0.25, 0.3) is 10.8 Å². The molecule has 1 saturated carbocycles. The lowest BCUT2D eigenvalue weighted by Gasteiger charge is -2.34. The zero-order valence-corrected chi connectivity index (χ0v) is 18.6. The Balaban J connectivity index is 1.35. The van der Waals surface area contributed by atoms with E-state index in [-0.39, 0.29) is 22.0 Å². The molecule has 30 heavy (non-hydrogen) atoms. The molecule has 1 N–H and O–H groups in total. The summed E-state index contributed by atoms with van der Waals surface area (Å²) in [5.41, 5.74) is 3.16. The summed E-state index contributed by atoms with van der Waals surface area (Å²) >= 11 is 1.37. The van der Waals surface area contributed by atoms with Crippen LogP contribution in [-0.2, 0) is 10.2 Å². The smallest absolute Gasteiger partial charge is 0.237 e. The van der Waals surface area contributed by atoms with E-state index in [9.17, 15) is 4.79 Å². The number of thioether (sulfide) groups is 1. The maximum atomic E-state index is 12.9. The average molecular weight is 419 g/mol. The van der Waals surface area contributed by atoms with E-state index in [0.717, 1.165) is 40.7 Å². The van der Waals surface area contributed by atoms with Gasteiger partial charge in [0.2, 0.25) is 11.1 Å². The van der Waals surface area contributed by atoms with Crippen LogP contribution in [0.4, 0.5) is 5.69 Å². The number of carbonyl (C=O) groups excluding carboxylic acids is 1. The Bertz CT molecular complexity index is 1160. The maximum Gasteiger partial charge on any atom is 0.237 e. The van der Waals surface area contributed by atoms with Gasteiger partial charge in [0, 0.05) is 22.4 Å². The fraction of sp³-hybridized carbons (Fsp3) is 0.417. The predicted octanol–water partition coefficient (Wildman–Crippen LogP) is 5.32. The molecule has 1 amide bonds. The van der Waals surface area contributed by atoms with Gasteiger partial charge < -0.3 is 5.32 Å². The highest BCUT2D eigenvalue weighted by Gasteiger charge is 2.61. The van der Waals surface area contributed by atoms with Crippen molar-refractivity contribution in [1.29, 1.82) is 0 Å². The number of fused-ring (bicyclic) bond motifs is 6. The highest BCUT2D eigenvalue weighted by molar-refractivity contribution is 8.00. The van der Waals surface area contributed by atoms with Gasteiger partial charge in [-0.25, -0.2) is 4.98 Å². The molecule has 0 aliphatic heterocycles. The lowest BCUT2D eigenvalue weighted by Crippen LogP contribution is -2.32. The number of carbonyl (C=O) groups is 1. The van der Waals surface area contributed by atoms with Crippen molar-refractivity contribution in [2.45, 2.75) is 62.3 Å². The monoisotopic (exact) mass is 418 g/mol. The molecule has 3 atom stereocenters. The number of rotatable bonds is 4. The number of nitrogens with one attached hydrogen (secondary N) is 1. The summed E-state index contributed by atoms with van der Waals surface area (Å²) < 4.78 is 0. The first-order valence-electron chi connectivity index (χ1n) is 10.5. The molecule has 1 fully saturated rings. The normalized spacial score (nSPS) is 24.6. The first-order valence-corrected chi connectivity index (χ1v) is 11.4. The van der Waals surface area contributed by atoms with Crippen molar-refractivity contribution < 1.29 is 4.79 Å². The average Bonchev–Trinajstić information content (AvgIpc) is 3.06. The first-order chi connectivity index (χ1) is 14.3. The van der Waals surface area contributed by atoms with Crippen molar-refractivity contribution in [3.8, 4) is 0 Å². The molecular formula is C24H26N4OS. The highest BCUT2D eigenvalue weighted by Crippen LogP contribution is 2.66. The Labute approximate surface area is 181 Å². The summed E-state index contributed by atoms with van der Waals surface area (Å²) in [5, 5.41) is 14.4. The molecule has 2 aliphatic rings. The second-order valence-electron chi connectivity index (χ2n) is 9.25. The third-order valence-electron chi connectivity index (χ3n) is 7.47. The summed E-state index contributed by atoms with van der Waals surface area (Å²) in [6.45, 7) is 8.83. The van der Waals surface area contributed by atoms with Crippen LogP contribution in [0.2, 0.25) is 0 Å². The van der Waals surface area contributed by atoms with E-state index in [4.69, 9.17) is 4.98 Å². The van der Waals surface area contributed by atoms with Gasteiger partial charge in [0.1, 0.15) is 0 Å². The number of amides is 1. The summed E-state index contributed by atoms with van der Waals surface area (Å²) in [6.07, 6.45) is 2.29. The minimum Gasteiger partial charge on any atom is -0.325 e. The standard InChI is InChI=1S/C24H26N4OS/c1-14(21(29)25-18-11-7-9-15-8-5-6-10-16(15)18)30-22-26-20-19(27-28-22)17-12-13-24(20,4)23(17,2)3/h5-11,14,17H,12-13H2,1-4H3,(H,25,29)/t14-,17+,24+/m0/s1. The van der Waals surface area contributed by atoms with Crippen LogP contribution in [-0.4, -0.2) is 26.3 Å². The van der Waals surface area contributed by atoms with Crippen molar-refractivity contribution in [2.24, 2.45) is 5.41 Å². The summed E-state index contributed by atoms with van der Waals surface area (Å²) in [5.74, 6) is 0.372. The number of anilines is 1. The molecule has 2 aromatic carbocycles. The second kappa shape index (κ2) is 6.77. The fourth-order valence-electron chi connectivity index (χ4n) is 5.19. The van der Waals surface area contributed by atoms with Crippen LogP contribution in [0.1, 0.15) is 57.8 Å². The van der Waals surface area contributed by atoms with Gasteiger partial charge in [0.25, 0.3) is 0 Å². The van der Waals surface area contributed by atoms with Gasteiger partial charge in [-0.05, 0) is 36.6 Å². The molecule has 2 bridgehead atoms. The molecule has 0 spiro atoms. The van der Waals surface area contributed by atoms with Crippen LogP contribution < -0.4 is 5.32 Å². The van der Waals surface area contributed by atoms with E-state index in [1.54, 1.807) is 0 Å². The fourth-order valence-corrected chi connectivity index (χ4v) is 5.91. The second-order valence-corrected chi connectivity index (χ2v) is 10.6. The van der Waals surface area contributed by atoms with E-state index in [2.05, 4.69) is 36.3 Å². The van der Waals surface area contributed by atoms with Crippen molar-refractivity contribution in [1.82, 2.24) is 15.2 Å². The summed E-state index contributed by atoms with van der Waals surface area (Å²) in [7, 11) is 0. The lowest BCUT2D eigenvalue weighted by atomic mass is 9.70. The Kier molecular flexibility index (Phi) is 4.40. The van der Waals surface area contributed by atoms with E-state index in [1.165, 1.54) is 11.8 Å². The number of aromatic nitrogens is 3. The molecule has 0 unspecified atom stereocenters. The molecule has 0 saturated heterocycles. The van der Waals surface area contributed by atoms with E-state index < -0.39 is 0 Å².